The first-order valence-corrected chi connectivity index (χ1v) is 49.4. The van der Waals surface area contributed by atoms with E-state index in [0.29, 0.717) is 195 Å². The van der Waals surface area contributed by atoms with Crippen molar-refractivity contribution in [1.82, 2.24) is 0 Å². The van der Waals surface area contributed by atoms with Crippen LogP contribution in [0.4, 0.5) is 0 Å². The van der Waals surface area contributed by atoms with Crippen molar-refractivity contribution in [1.29, 1.82) is 0 Å². The van der Waals surface area contributed by atoms with Crippen LogP contribution in [0.5, 0.6) is 0 Å². The molecule has 28 fully saturated rings. The zero-order valence-electron chi connectivity index (χ0n) is 71.2. The Morgan fingerprint density at radius 2 is 0.730 bits per heavy atom. The largest absolute Gasteiger partial charge is 0.465 e. The molecule has 40 unspecified atom stereocenters. The molecular weight excluding hydrogens is 1570 g/mol. The molecule has 0 radical (unpaired) electrons. The molecule has 25 heteroatoms. The van der Waals surface area contributed by atoms with Gasteiger partial charge in [-0.3, -0.25) is 33.6 Å². The van der Waals surface area contributed by atoms with Crippen molar-refractivity contribution in [3.8, 4) is 0 Å². The smallest absolute Gasteiger partial charge is 0.310 e. The fourth-order valence-electron chi connectivity index (χ4n) is 26.3. The van der Waals surface area contributed by atoms with Gasteiger partial charge in [0.2, 0.25) is 0 Å². The highest BCUT2D eigenvalue weighted by atomic mass is 16.7. The first kappa shape index (κ1) is 84.7. The van der Waals surface area contributed by atoms with Gasteiger partial charge in [0.15, 0.2) is 0 Å². The molecule has 4 bridgehead atoms. The van der Waals surface area contributed by atoms with Gasteiger partial charge in [0.25, 0.3) is 0 Å². The van der Waals surface area contributed by atoms with Crippen molar-refractivity contribution in [3.63, 3.8) is 0 Å². The van der Waals surface area contributed by atoms with E-state index in [1.165, 1.54) is 102 Å². The summed E-state index contributed by atoms with van der Waals surface area (Å²) in [7, 11) is 0. The Balaban J connectivity index is 0.0000000888. The maximum absolute atomic E-state index is 12.2. The average molecular weight is 1710 g/mol. The van der Waals surface area contributed by atoms with Crippen molar-refractivity contribution in [3.05, 3.63) is 0 Å². The lowest BCUT2D eigenvalue weighted by molar-refractivity contribution is -0.163. The second-order valence-corrected chi connectivity index (χ2v) is 43.3. The van der Waals surface area contributed by atoms with Crippen molar-refractivity contribution < 1.29 is 119 Å². The Kier molecular flexibility index (Phi) is 25.2. The van der Waals surface area contributed by atoms with E-state index in [1.807, 2.05) is 0 Å². The molecule has 0 N–H and O–H groups in total. The van der Waals surface area contributed by atoms with Gasteiger partial charge < -0.3 is 85.3 Å². The number of fused-ring (bicyclic) bond motifs is 22. The van der Waals surface area contributed by atoms with Crippen LogP contribution in [0, 0.1) is 130 Å². The summed E-state index contributed by atoms with van der Waals surface area (Å²) < 4.78 is 97.4. The van der Waals surface area contributed by atoms with E-state index in [1.54, 1.807) is 19.3 Å². The standard InChI is InChI=1S/C21H32O5.C15H20O6.C15H22O3.C14H20O6.C11H14O.C10H14O3.C10H14O.CH4/c22-20(24-12-14-5-7-16-11-17(16)9-14)3-1-2-4-21(23)25-13-15-6-8-18-19(10-15)26-18;16-14(19-5-8-1-2-8)10-3-12-13(21-12)4-11(10)15(17)20-7-9-6-18-9;16-15(6-9-1-4-13-14(5-9)18-13)17-12-3-2-10-7-11(10)8-12;15-13(19-7-9-5-17-9)11-3-1-2-4-12(11)14(16)20-8-10-6-18-10;1-4-2-6-7-3-8(9(6)5(1)4)11-10(7)12-11;1-3-7-9(12-7)5(1)11-6-2-4-8-10(6)13-8;1-2-5(1)7-3-6-4-8(7)10-9(6)11-10;/h14-19H,1-13H2;8-13H,1-7H2;9-14H,1-8H2;9-12H,1-8H2;4-11H,1-3H2;5-10H,1-4H2;5-10H,1-4H2;1H4. The van der Waals surface area contributed by atoms with E-state index >= 15 is 0 Å². The third kappa shape index (κ3) is 21.1. The maximum atomic E-state index is 12.2. The lowest BCUT2D eigenvalue weighted by Crippen LogP contribution is -2.38. The van der Waals surface area contributed by atoms with E-state index in [4.69, 9.17) is 85.3 Å². The number of epoxide rings is 10. The highest BCUT2D eigenvalue weighted by Crippen LogP contribution is 2.74. The first-order valence-electron chi connectivity index (χ1n) is 49.4. The molecule has 0 aromatic heterocycles. The summed E-state index contributed by atoms with van der Waals surface area (Å²) >= 11 is 0. The topological polar surface area (TPSA) is 319 Å². The molecule has 0 aromatic rings. The Morgan fingerprint density at radius 1 is 0.279 bits per heavy atom. The van der Waals surface area contributed by atoms with Crippen molar-refractivity contribution in [2.75, 3.05) is 59.5 Å². The molecule has 10 heterocycles. The summed E-state index contributed by atoms with van der Waals surface area (Å²) in [5, 5.41) is 0. The monoisotopic (exact) mass is 1700 g/mol. The lowest BCUT2D eigenvalue weighted by atomic mass is 9.79. The van der Waals surface area contributed by atoms with Gasteiger partial charge in [-0.25, -0.2) is 0 Å². The second-order valence-electron chi connectivity index (χ2n) is 43.3. The maximum Gasteiger partial charge on any atom is 0.310 e. The predicted octanol–water partition coefficient (Wildman–Crippen LogP) is 12.7. The summed E-state index contributed by atoms with van der Waals surface area (Å²) in [4.78, 5) is 84.3. The van der Waals surface area contributed by atoms with E-state index in [2.05, 4.69) is 0 Å². The van der Waals surface area contributed by atoms with Crippen LogP contribution in [0.15, 0.2) is 0 Å². The lowest BCUT2D eigenvalue weighted by Gasteiger charge is -2.28. The quantitative estimate of drug-likeness (QED) is 0.0319. The van der Waals surface area contributed by atoms with E-state index in [-0.39, 0.29) is 104 Å². The van der Waals surface area contributed by atoms with Crippen LogP contribution < -0.4 is 0 Å². The van der Waals surface area contributed by atoms with E-state index < -0.39 is 11.8 Å². The molecule has 40 atom stereocenters. The van der Waals surface area contributed by atoms with Gasteiger partial charge in [-0.15, -0.1) is 0 Å². The Hall–Kier alpha value is -4.15. The molecule has 10 aliphatic heterocycles. The number of esters is 7. The SMILES string of the molecule is C.C1C2CC3C4CC(C5OC45)C3C12.C1CC1C1CC2CC1C1OC21.C1CC2OC2C1OC1CCC2OC12.O=C(CC1CCC2OC2C1)OC1CCC2CC2C1.O=C(CCCCC(=O)OCC1CCC2OC2C1)OCC1CCC2CC2C1.O=C(OCC1CC1)C1CC2OC2CC1C(=O)OCC1CO1.O=C(OCC1CO1)C1CCCCC1C(=O)OCC1CO1. The molecular formula is C97H140O25. The van der Waals surface area contributed by atoms with Crippen molar-refractivity contribution in [2.45, 2.75) is 373 Å². The van der Waals surface area contributed by atoms with Gasteiger partial charge in [-0.1, -0.05) is 20.3 Å². The molecule has 0 amide bonds. The fourth-order valence-corrected chi connectivity index (χ4v) is 26.3. The van der Waals surface area contributed by atoms with Gasteiger partial charge in [0.05, 0.1) is 149 Å². The molecule has 10 saturated heterocycles. The van der Waals surface area contributed by atoms with Crippen LogP contribution >= 0.6 is 0 Å². The number of carbonyl (C=O) groups is 7. The minimum absolute atomic E-state index is 0. The summed E-state index contributed by atoms with van der Waals surface area (Å²) in [6.45, 7) is 4.46. The molecule has 0 aromatic carbocycles. The van der Waals surface area contributed by atoms with Gasteiger partial charge in [-0.05, 0) is 318 Å². The Bertz CT molecular complexity index is 3520. The van der Waals surface area contributed by atoms with E-state index in [9.17, 15) is 33.6 Å². The number of hydrogen-bond donors (Lipinski definition) is 0. The zero-order chi connectivity index (χ0) is 81.3. The molecule has 18 aliphatic carbocycles. The van der Waals surface area contributed by atoms with E-state index in [0.717, 1.165) is 172 Å². The Morgan fingerprint density at radius 3 is 1.26 bits per heavy atom. The normalized spacial score (nSPS) is 48.1. The van der Waals surface area contributed by atoms with Gasteiger partial charge in [0, 0.05) is 19.3 Å². The molecule has 122 heavy (non-hydrogen) atoms. The number of carbonyl (C=O) groups excluding carboxylic acids is 7. The summed E-state index contributed by atoms with van der Waals surface area (Å²) in [6, 6.07) is 0. The summed E-state index contributed by atoms with van der Waals surface area (Å²) in [5.41, 5.74) is 0. The van der Waals surface area contributed by atoms with Gasteiger partial charge in [0.1, 0.15) is 56.4 Å². The minimum Gasteiger partial charge on any atom is -0.465 e. The van der Waals surface area contributed by atoms with Crippen LogP contribution in [0.2, 0.25) is 0 Å². The Labute approximate surface area is 720 Å². The summed E-state index contributed by atoms with van der Waals surface area (Å²) in [6.07, 6.45) is 50.2. The summed E-state index contributed by atoms with van der Waals surface area (Å²) in [5.74, 6) is 13.8. The molecule has 0 spiro atoms. The van der Waals surface area contributed by atoms with Gasteiger partial charge in [-0.2, -0.15) is 0 Å². The fraction of sp³-hybridized carbons (Fsp3) is 0.928. The number of ether oxygens (including phenoxy) is 18. The molecule has 25 nitrogen and oxygen atoms in total. The van der Waals surface area contributed by atoms with Crippen LogP contribution in [0.3, 0.4) is 0 Å². The molecule has 28 rings (SSSR count). The first-order chi connectivity index (χ1) is 59.2. The zero-order valence-corrected chi connectivity index (χ0v) is 71.2. The van der Waals surface area contributed by atoms with Crippen molar-refractivity contribution in [2.24, 2.45) is 130 Å². The van der Waals surface area contributed by atoms with Crippen LogP contribution in [-0.2, 0) is 119 Å². The van der Waals surface area contributed by atoms with Crippen LogP contribution in [0.1, 0.15) is 251 Å². The molecule has 18 saturated carbocycles. The highest BCUT2D eigenvalue weighted by molar-refractivity contribution is 5.83. The van der Waals surface area contributed by atoms with Crippen LogP contribution in [0.25, 0.3) is 0 Å². The average Bonchev–Trinajstić information content (AvgIpc) is 1.50. The molecule has 28 aliphatic rings. The third-order valence-electron chi connectivity index (χ3n) is 34.5. The molecule has 678 valence electrons. The van der Waals surface area contributed by atoms with Crippen molar-refractivity contribution >= 4 is 41.8 Å². The number of unbranched alkanes of at least 4 members (excludes halogenated alkanes) is 1. The predicted molar refractivity (Wildman–Crippen MR) is 433 cm³/mol. The number of rotatable bonds is 27. The highest BCUT2D eigenvalue weighted by Gasteiger charge is 2.73. The van der Waals surface area contributed by atoms with Crippen LogP contribution in [-0.4, -0.2) is 223 Å². The van der Waals surface area contributed by atoms with Gasteiger partial charge >= 0.3 is 41.8 Å². The minimum atomic E-state index is -0.431. The third-order valence-corrected chi connectivity index (χ3v) is 34.5. The number of hydrogen-bond acceptors (Lipinski definition) is 25. The second kappa shape index (κ2) is 36.3.